The van der Waals surface area contributed by atoms with Gasteiger partial charge >= 0.3 is 0 Å². The van der Waals surface area contributed by atoms with Gasteiger partial charge in [-0.2, -0.15) is 0 Å². The fraction of sp³-hybridized carbons (Fsp3) is 1.00. The molecule has 110 valence electrons. The molecule has 0 aromatic rings. The van der Waals surface area contributed by atoms with Crippen molar-refractivity contribution in [2.24, 2.45) is 5.41 Å². The molecule has 0 radical (unpaired) electrons. The van der Waals surface area contributed by atoms with Crippen LogP contribution in [0.1, 0.15) is 59.8 Å². The third kappa shape index (κ3) is 13.9. The van der Waals surface area contributed by atoms with Crippen molar-refractivity contribution in [2.75, 3.05) is 26.3 Å². The molecule has 1 unspecified atom stereocenters. The number of unbranched alkanes of at least 4 members (excludes halogenated alkanes) is 3. The van der Waals surface area contributed by atoms with Crippen molar-refractivity contribution in [1.82, 2.24) is 5.32 Å². The van der Waals surface area contributed by atoms with Gasteiger partial charge in [-0.15, -0.1) is 0 Å². The van der Waals surface area contributed by atoms with Crippen LogP contribution in [0.3, 0.4) is 0 Å². The molecule has 0 spiro atoms. The minimum Gasteiger partial charge on any atom is -0.389 e. The molecule has 0 rings (SSSR count). The molecule has 0 aromatic heterocycles. The van der Waals surface area contributed by atoms with Crippen LogP contribution in [0.4, 0.5) is 0 Å². The van der Waals surface area contributed by atoms with Crippen LogP contribution in [-0.4, -0.2) is 37.5 Å². The molecular weight excluding hydrogens is 226 g/mol. The Morgan fingerprint density at radius 3 is 2.50 bits per heavy atom. The molecule has 0 aliphatic heterocycles. The third-order valence-electron chi connectivity index (χ3n) is 2.88. The first-order valence-corrected chi connectivity index (χ1v) is 7.42. The Bertz CT molecular complexity index is 178. The Balaban J connectivity index is 3.25. The highest BCUT2D eigenvalue weighted by atomic mass is 16.5. The molecule has 0 bridgehead atoms. The zero-order valence-electron chi connectivity index (χ0n) is 12.8. The number of ether oxygens (including phenoxy) is 1. The lowest BCUT2D eigenvalue weighted by Crippen LogP contribution is -2.32. The largest absolute Gasteiger partial charge is 0.389 e. The van der Waals surface area contributed by atoms with Crippen molar-refractivity contribution in [3.8, 4) is 0 Å². The van der Waals surface area contributed by atoms with Crippen molar-refractivity contribution < 1.29 is 9.84 Å². The highest BCUT2D eigenvalue weighted by Crippen LogP contribution is 2.16. The Kier molecular flexibility index (Phi) is 10.7. The molecule has 2 N–H and O–H groups in total. The average molecular weight is 259 g/mol. The van der Waals surface area contributed by atoms with E-state index in [9.17, 15) is 5.11 Å². The fourth-order valence-electron chi connectivity index (χ4n) is 1.64. The molecule has 18 heavy (non-hydrogen) atoms. The van der Waals surface area contributed by atoms with E-state index in [4.69, 9.17) is 4.74 Å². The first kappa shape index (κ1) is 17.9. The monoisotopic (exact) mass is 259 g/mol. The van der Waals surface area contributed by atoms with Crippen LogP contribution in [-0.2, 0) is 4.74 Å². The second-order valence-electron chi connectivity index (χ2n) is 6.30. The van der Waals surface area contributed by atoms with E-state index < -0.39 is 0 Å². The number of hydrogen-bond acceptors (Lipinski definition) is 3. The molecular formula is C15H33NO2. The number of aliphatic hydroxyl groups is 1. The van der Waals surface area contributed by atoms with Gasteiger partial charge in [0.05, 0.1) is 12.7 Å². The van der Waals surface area contributed by atoms with E-state index in [1.165, 1.54) is 19.3 Å². The second-order valence-corrected chi connectivity index (χ2v) is 6.30. The van der Waals surface area contributed by atoms with Gasteiger partial charge in [-0.25, -0.2) is 0 Å². The highest BCUT2D eigenvalue weighted by molar-refractivity contribution is 4.65. The summed E-state index contributed by atoms with van der Waals surface area (Å²) in [4.78, 5) is 0. The van der Waals surface area contributed by atoms with E-state index >= 15 is 0 Å². The minimum absolute atomic E-state index is 0.355. The van der Waals surface area contributed by atoms with Crippen molar-refractivity contribution in [2.45, 2.75) is 65.9 Å². The van der Waals surface area contributed by atoms with Crippen LogP contribution < -0.4 is 5.32 Å². The topological polar surface area (TPSA) is 41.5 Å². The summed E-state index contributed by atoms with van der Waals surface area (Å²) in [6, 6.07) is 0. The Morgan fingerprint density at radius 2 is 1.89 bits per heavy atom. The second kappa shape index (κ2) is 10.8. The summed E-state index contributed by atoms with van der Waals surface area (Å²) in [5.41, 5.74) is 0.355. The van der Waals surface area contributed by atoms with Gasteiger partial charge in [-0.05, 0) is 24.8 Å². The van der Waals surface area contributed by atoms with Gasteiger partial charge in [0, 0.05) is 13.2 Å². The summed E-state index contributed by atoms with van der Waals surface area (Å²) >= 11 is 0. The first-order chi connectivity index (χ1) is 8.45. The lowest BCUT2D eigenvalue weighted by atomic mass is 9.92. The zero-order valence-corrected chi connectivity index (χ0v) is 12.8. The maximum Gasteiger partial charge on any atom is 0.0897 e. The Labute approximate surface area is 113 Å². The van der Waals surface area contributed by atoms with Gasteiger partial charge in [0.15, 0.2) is 0 Å². The van der Waals surface area contributed by atoms with Crippen molar-refractivity contribution >= 4 is 0 Å². The molecule has 0 aliphatic rings. The molecule has 0 amide bonds. The number of hydrogen-bond donors (Lipinski definition) is 2. The van der Waals surface area contributed by atoms with Crippen LogP contribution in [0, 0.1) is 5.41 Å². The lowest BCUT2D eigenvalue weighted by molar-refractivity contribution is 0.0353. The van der Waals surface area contributed by atoms with E-state index in [0.29, 0.717) is 18.6 Å². The minimum atomic E-state index is -0.379. The van der Waals surface area contributed by atoms with Gasteiger partial charge in [0.1, 0.15) is 0 Å². The molecule has 0 aromatic carbocycles. The summed E-state index contributed by atoms with van der Waals surface area (Å²) in [5, 5.41) is 13.0. The summed E-state index contributed by atoms with van der Waals surface area (Å²) in [6.45, 7) is 11.7. The molecule has 1 atom stereocenters. The predicted octanol–water partition coefficient (Wildman–Crippen LogP) is 2.97. The van der Waals surface area contributed by atoms with Gasteiger partial charge in [-0.3, -0.25) is 0 Å². The molecule has 0 saturated heterocycles. The third-order valence-corrected chi connectivity index (χ3v) is 2.88. The van der Waals surface area contributed by atoms with E-state index in [-0.39, 0.29) is 6.10 Å². The van der Waals surface area contributed by atoms with E-state index in [0.717, 1.165) is 26.0 Å². The summed E-state index contributed by atoms with van der Waals surface area (Å²) < 4.78 is 5.45. The first-order valence-electron chi connectivity index (χ1n) is 7.42. The van der Waals surface area contributed by atoms with Crippen LogP contribution in [0.15, 0.2) is 0 Å². The van der Waals surface area contributed by atoms with E-state index in [1.54, 1.807) is 0 Å². The van der Waals surface area contributed by atoms with Gasteiger partial charge in [0.25, 0.3) is 0 Å². The number of nitrogens with one attached hydrogen (secondary N) is 1. The van der Waals surface area contributed by atoms with Crippen molar-refractivity contribution in [1.29, 1.82) is 0 Å². The SMILES string of the molecule is CCCCCCOCC(O)CNCCC(C)(C)C. The number of rotatable bonds is 11. The van der Waals surface area contributed by atoms with Crippen LogP contribution >= 0.6 is 0 Å². The smallest absolute Gasteiger partial charge is 0.0897 e. The highest BCUT2D eigenvalue weighted by Gasteiger charge is 2.09. The Morgan fingerprint density at radius 1 is 1.17 bits per heavy atom. The predicted molar refractivity (Wildman–Crippen MR) is 77.9 cm³/mol. The van der Waals surface area contributed by atoms with Gasteiger partial charge in [-0.1, -0.05) is 47.0 Å². The normalized spacial score (nSPS) is 13.8. The van der Waals surface area contributed by atoms with Crippen LogP contribution in [0.25, 0.3) is 0 Å². The lowest BCUT2D eigenvalue weighted by Gasteiger charge is -2.19. The molecule has 0 fully saturated rings. The van der Waals surface area contributed by atoms with Crippen molar-refractivity contribution in [3.05, 3.63) is 0 Å². The zero-order chi connectivity index (χ0) is 13.9. The molecule has 0 aliphatic carbocycles. The number of aliphatic hydroxyl groups excluding tert-OH is 1. The summed E-state index contributed by atoms with van der Waals surface area (Å²) in [5.74, 6) is 0. The van der Waals surface area contributed by atoms with Crippen LogP contribution in [0.2, 0.25) is 0 Å². The van der Waals surface area contributed by atoms with Crippen molar-refractivity contribution in [3.63, 3.8) is 0 Å². The van der Waals surface area contributed by atoms with Gasteiger partial charge < -0.3 is 15.2 Å². The van der Waals surface area contributed by atoms with E-state index in [2.05, 4.69) is 33.0 Å². The summed E-state index contributed by atoms with van der Waals surface area (Å²) in [6.07, 6.45) is 5.61. The van der Waals surface area contributed by atoms with Crippen LogP contribution in [0.5, 0.6) is 0 Å². The Hall–Kier alpha value is -0.120. The van der Waals surface area contributed by atoms with Gasteiger partial charge in [0.2, 0.25) is 0 Å². The quantitative estimate of drug-likeness (QED) is 0.561. The average Bonchev–Trinajstić information content (AvgIpc) is 2.28. The molecule has 3 heteroatoms. The molecule has 3 nitrogen and oxygen atoms in total. The summed E-state index contributed by atoms with van der Waals surface area (Å²) in [7, 11) is 0. The molecule has 0 saturated carbocycles. The van der Waals surface area contributed by atoms with E-state index in [1.807, 2.05) is 0 Å². The maximum atomic E-state index is 9.69. The maximum absolute atomic E-state index is 9.69. The standard InChI is InChI=1S/C15H33NO2/c1-5-6-7-8-11-18-13-14(17)12-16-10-9-15(2,3)4/h14,16-17H,5-13H2,1-4H3. The fourth-order valence-corrected chi connectivity index (χ4v) is 1.64. The molecule has 0 heterocycles.